The Morgan fingerprint density at radius 3 is 2.48 bits per heavy atom. The quantitative estimate of drug-likeness (QED) is 0.396. The Kier molecular flexibility index (Phi) is 6.97. The molecule has 1 atom stereocenters. The van der Waals surface area contributed by atoms with Crippen LogP contribution < -0.4 is 9.47 Å². The highest BCUT2D eigenvalue weighted by atomic mass is 16.5. The molecule has 0 aliphatic carbocycles. The van der Waals surface area contributed by atoms with Crippen molar-refractivity contribution < 1.29 is 28.9 Å². The normalized spacial score (nSPS) is 18.0. The smallest absolute Gasteiger partial charge is 0.295 e. The number of methoxy groups -OCH3 is 2. The number of likely N-dealkylation sites (tertiary alicyclic amines) is 1. The number of hydrogen-bond donors (Lipinski definition) is 1. The number of amides is 1. The van der Waals surface area contributed by atoms with Gasteiger partial charge in [0.2, 0.25) is 0 Å². The molecule has 0 radical (unpaired) electrons. The van der Waals surface area contributed by atoms with Crippen molar-refractivity contribution in [3.05, 3.63) is 65.2 Å². The summed E-state index contributed by atoms with van der Waals surface area (Å²) in [6, 6.07) is 13.0. The summed E-state index contributed by atoms with van der Waals surface area (Å²) in [4.78, 5) is 27.4. The van der Waals surface area contributed by atoms with E-state index in [0.29, 0.717) is 22.6 Å². The molecule has 7 heteroatoms. The summed E-state index contributed by atoms with van der Waals surface area (Å²) in [6.07, 6.45) is -0.0154. The molecule has 1 amide bonds. The SMILES string of the molecule is COc1cccc(/C(O)=C2/C(=O)C(=O)N(CCOC(C)C)C2c2ccccc2OC)c1. The molecule has 7 nitrogen and oxygen atoms in total. The molecule has 2 aromatic carbocycles. The van der Waals surface area contributed by atoms with Crippen LogP contribution in [0, 0.1) is 0 Å². The molecule has 0 aromatic heterocycles. The van der Waals surface area contributed by atoms with Gasteiger partial charge in [-0.2, -0.15) is 0 Å². The minimum absolute atomic E-state index is 0.00676. The lowest BCUT2D eigenvalue weighted by Gasteiger charge is -2.26. The van der Waals surface area contributed by atoms with E-state index < -0.39 is 17.7 Å². The Labute approximate surface area is 181 Å². The van der Waals surface area contributed by atoms with Gasteiger partial charge in [0.1, 0.15) is 17.3 Å². The van der Waals surface area contributed by atoms with Gasteiger partial charge in [-0.05, 0) is 32.0 Å². The fourth-order valence-electron chi connectivity index (χ4n) is 3.64. The summed E-state index contributed by atoms with van der Waals surface area (Å²) in [5.41, 5.74) is 1.00. The van der Waals surface area contributed by atoms with Gasteiger partial charge in [0.25, 0.3) is 11.7 Å². The molecule has 2 aromatic rings. The fourth-order valence-corrected chi connectivity index (χ4v) is 3.64. The van der Waals surface area contributed by atoms with Gasteiger partial charge in [-0.25, -0.2) is 0 Å². The van der Waals surface area contributed by atoms with E-state index in [1.54, 1.807) is 48.5 Å². The van der Waals surface area contributed by atoms with Crippen molar-refractivity contribution in [1.82, 2.24) is 4.90 Å². The predicted molar refractivity (Wildman–Crippen MR) is 116 cm³/mol. The zero-order valence-electron chi connectivity index (χ0n) is 18.1. The molecule has 1 N–H and O–H groups in total. The second-order valence-corrected chi connectivity index (χ2v) is 7.39. The van der Waals surface area contributed by atoms with E-state index in [9.17, 15) is 14.7 Å². The first-order chi connectivity index (χ1) is 14.9. The van der Waals surface area contributed by atoms with E-state index in [1.165, 1.54) is 19.1 Å². The molecule has 164 valence electrons. The van der Waals surface area contributed by atoms with Gasteiger partial charge in [0, 0.05) is 17.7 Å². The van der Waals surface area contributed by atoms with Crippen LogP contribution in [0.3, 0.4) is 0 Å². The van der Waals surface area contributed by atoms with Crippen molar-refractivity contribution in [3.63, 3.8) is 0 Å². The number of ketones is 1. The van der Waals surface area contributed by atoms with Crippen LogP contribution in [0.4, 0.5) is 0 Å². The summed E-state index contributed by atoms with van der Waals surface area (Å²) >= 11 is 0. The van der Waals surface area contributed by atoms with Gasteiger partial charge in [0.15, 0.2) is 0 Å². The molecule has 1 fully saturated rings. The number of ether oxygens (including phenoxy) is 3. The molecule has 1 unspecified atom stereocenters. The monoisotopic (exact) mass is 425 g/mol. The Hall–Kier alpha value is -3.32. The minimum atomic E-state index is -0.807. The van der Waals surface area contributed by atoms with Gasteiger partial charge >= 0.3 is 0 Å². The lowest BCUT2D eigenvalue weighted by Crippen LogP contribution is -2.33. The number of rotatable bonds is 8. The van der Waals surface area contributed by atoms with E-state index >= 15 is 0 Å². The molecule has 31 heavy (non-hydrogen) atoms. The summed E-state index contributed by atoms with van der Waals surface area (Å²) in [6.45, 7) is 4.25. The largest absolute Gasteiger partial charge is 0.507 e. The average Bonchev–Trinajstić information content (AvgIpc) is 3.03. The predicted octanol–water partition coefficient (Wildman–Crippen LogP) is 3.55. The summed E-state index contributed by atoms with van der Waals surface area (Å²) < 4.78 is 16.3. The molecule has 0 bridgehead atoms. The molecule has 0 spiro atoms. The number of aliphatic hydroxyl groups excluding tert-OH is 1. The van der Waals surface area contributed by atoms with E-state index in [-0.39, 0.29) is 30.6 Å². The number of benzene rings is 2. The van der Waals surface area contributed by atoms with E-state index in [2.05, 4.69) is 0 Å². The van der Waals surface area contributed by atoms with Crippen LogP contribution in [0.2, 0.25) is 0 Å². The Bertz CT molecular complexity index is 997. The molecule has 1 aliphatic heterocycles. The first-order valence-corrected chi connectivity index (χ1v) is 10.1. The number of carbonyl (C=O) groups excluding carboxylic acids is 2. The van der Waals surface area contributed by atoms with Crippen molar-refractivity contribution >= 4 is 17.4 Å². The Morgan fingerprint density at radius 2 is 1.81 bits per heavy atom. The van der Waals surface area contributed by atoms with Crippen LogP contribution in [0.1, 0.15) is 31.0 Å². The molecular formula is C24H27NO6. The third-order valence-electron chi connectivity index (χ3n) is 5.10. The van der Waals surface area contributed by atoms with Crippen molar-refractivity contribution in [1.29, 1.82) is 0 Å². The maximum atomic E-state index is 13.0. The van der Waals surface area contributed by atoms with Crippen LogP contribution >= 0.6 is 0 Å². The Balaban J connectivity index is 2.15. The zero-order chi connectivity index (χ0) is 22.5. The lowest BCUT2D eigenvalue weighted by molar-refractivity contribution is -0.140. The van der Waals surface area contributed by atoms with Crippen molar-refractivity contribution in [2.75, 3.05) is 27.4 Å². The number of carbonyl (C=O) groups is 2. The lowest BCUT2D eigenvalue weighted by atomic mass is 9.94. The van der Waals surface area contributed by atoms with Crippen LogP contribution in [0.25, 0.3) is 5.76 Å². The number of nitrogens with zero attached hydrogens (tertiary/aromatic N) is 1. The van der Waals surface area contributed by atoms with Gasteiger partial charge in [-0.15, -0.1) is 0 Å². The van der Waals surface area contributed by atoms with Gasteiger partial charge in [-0.1, -0.05) is 30.3 Å². The highest BCUT2D eigenvalue weighted by molar-refractivity contribution is 6.46. The van der Waals surface area contributed by atoms with Crippen molar-refractivity contribution in [2.24, 2.45) is 0 Å². The minimum Gasteiger partial charge on any atom is -0.507 e. The topological polar surface area (TPSA) is 85.3 Å². The van der Waals surface area contributed by atoms with Crippen molar-refractivity contribution in [2.45, 2.75) is 26.0 Å². The first-order valence-electron chi connectivity index (χ1n) is 10.1. The second kappa shape index (κ2) is 9.66. The van der Waals surface area contributed by atoms with Crippen LogP contribution in [-0.4, -0.2) is 55.2 Å². The molecule has 3 rings (SSSR count). The summed E-state index contributed by atoms with van der Waals surface area (Å²) in [5, 5.41) is 11.1. The second-order valence-electron chi connectivity index (χ2n) is 7.39. The molecule has 1 heterocycles. The van der Waals surface area contributed by atoms with E-state index in [0.717, 1.165) is 0 Å². The van der Waals surface area contributed by atoms with Gasteiger partial charge in [0.05, 0.1) is 38.5 Å². The zero-order valence-corrected chi connectivity index (χ0v) is 18.1. The van der Waals surface area contributed by atoms with Crippen LogP contribution in [0.15, 0.2) is 54.1 Å². The van der Waals surface area contributed by atoms with Gasteiger partial charge < -0.3 is 24.2 Å². The maximum absolute atomic E-state index is 13.0. The first kappa shape index (κ1) is 22.4. The highest BCUT2D eigenvalue weighted by Crippen LogP contribution is 2.42. The number of Topliss-reactive ketones (excluding diaryl/α,β-unsaturated/α-hetero) is 1. The summed E-state index contributed by atoms with van der Waals surface area (Å²) in [5.74, 6) is -0.660. The Morgan fingerprint density at radius 1 is 1.06 bits per heavy atom. The number of para-hydroxylation sites is 1. The fraction of sp³-hybridized carbons (Fsp3) is 0.333. The molecule has 1 saturated heterocycles. The maximum Gasteiger partial charge on any atom is 0.295 e. The summed E-state index contributed by atoms with van der Waals surface area (Å²) in [7, 11) is 3.04. The third kappa shape index (κ3) is 4.56. The standard InChI is InChI=1S/C24H27NO6/c1-15(2)31-13-12-25-21(18-10-5-6-11-19(18)30-4)20(23(27)24(25)28)22(26)16-8-7-9-17(14-16)29-3/h5-11,14-15,21,26H,12-13H2,1-4H3/b22-20-. The molecular weight excluding hydrogens is 398 g/mol. The van der Waals surface area contributed by atoms with Gasteiger partial charge in [-0.3, -0.25) is 9.59 Å². The van der Waals surface area contributed by atoms with Crippen molar-refractivity contribution in [3.8, 4) is 11.5 Å². The van der Waals surface area contributed by atoms with Crippen LogP contribution in [0.5, 0.6) is 11.5 Å². The van der Waals surface area contributed by atoms with Crippen LogP contribution in [-0.2, 0) is 14.3 Å². The number of hydrogen-bond acceptors (Lipinski definition) is 6. The van der Waals surface area contributed by atoms with E-state index in [1.807, 2.05) is 13.8 Å². The molecule has 1 aliphatic rings. The third-order valence-corrected chi connectivity index (χ3v) is 5.10. The average molecular weight is 425 g/mol. The highest BCUT2D eigenvalue weighted by Gasteiger charge is 2.46. The molecule has 0 saturated carbocycles. The van der Waals surface area contributed by atoms with E-state index in [4.69, 9.17) is 14.2 Å². The number of aliphatic hydroxyl groups is 1.